The van der Waals surface area contributed by atoms with Crippen molar-refractivity contribution in [2.24, 2.45) is 0 Å². The first-order valence-corrected chi connectivity index (χ1v) is 7.48. The molecule has 1 aromatic rings. The van der Waals surface area contributed by atoms with Gasteiger partial charge < -0.3 is 15.2 Å². The van der Waals surface area contributed by atoms with Crippen LogP contribution in [0.25, 0.3) is 0 Å². The van der Waals surface area contributed by atoms with Crippen LogP contribution in [0, 0.1) is 0 Å². The summed E-state index contributed by atoms with van der Waals surface area (Å²) in [5.41, 5.74) is 1.35. The molecular formula is C17H25NO3. The number of ether oxygens (including phenoxy) is 1. The minimum absolute atomic E-state index is 0.0534. The number of aliphatic hydroxyl groups excluding tert-OH is 1. The van der Waals surface area contributed by atoms with Crippen molar-refractivity contribution in [1.82, 2.24) is 5.32 Å². The average molecular weight is 291 g/mol. The zero-order chi connectivity index (χ0) is 15.5. The van der Waals surface area contributed by atoms with Crippen LogP contribution in [0.5, 0.6) is 0 Å². The SMILES string of the molecule is CC(C)(C)c1ccc(C(=O)NC2(CO)CCOCC2)cc1. The molecule has 4 heteroatoms. The van der Waals surface area contributed by atoms with Crippen LogP contribution in [-0.2, 0) is 10.2 Å². The van der Waals surface area contributed by atoms with Crippen molar-refractivity contribution in [3.63, 3.8) is 0 Å². The Balaban J connectivity index is 2.09. The average Bonchev–Trinajstić information content (AvgIpc) is 2.47. The zero-order valence-corrected chi connectivity index (χ0v) is 13.1. The topological polar surface area (TPSA) is 58.6 Å². The van der Waals surface area contributed by atoms with Crippen LogP contribution in [0.3, 0.4) is 0 Å². The summed E-state index contributed by atoms with van der Waals surface area (Å²) in [6.45, 7) is 7.52. The summed E-state index contributed by atoms with van der Waals surface area (Å²) in [5, 5.41) is 12.6. The van der Waals surface area contributed by atoms with Crippen molar-refractivity contribution in [1.29, 1.82) is 0 Å². The van der Waals surface area contributed by atoms with Crippen LogP contribution in [0.4, 0.5) is 0 Å². The molecule has 1 saturated heterocycles. The fraction of sp³-hybridized carbons (Fsp3) is 0.588. The lowest BCUT2D eigenvalue weighted by Crippen LogP contribution is -2.54. The molecule has 1 aliphatic heterocycles. The third kappa shape index (κ3) is 3.83. The molecule has 2 rings (SSSR count). The normalized spacial score (nSPS) is 18.3. The van der Waals surface area contributed by atoms with Crippen LogP contribution >= 0.6 is 0 Å². The van der Waals surface area contributed by atoms with E-state index < -0.39 is 5.54 Å². The van der Waals surface area contributed by atoms with Gasteiger partial charge in [0.2, 0.25) is 0 Å². The molecule has 0 aliphatic carbocycles. The van der Waals surface area contributed by atoms with Crippen LogP contribution in [0.1, 0.15) is 49.5 Å². The Hall–Kier alpha value is -1.39. The van der Waals surface area contributed by atoms with Crippen LogP contribution in [0.15, 0.2) is 24.3 Å². The molecule has 21 heavy (non-hydrogen) atoms. The molecule has 1 amide bonds. The van der Waals surface area contributed by atoms with E-state index in [-0.39, 0.29) is 17.9 Å². The fourth-order valence-electron chi connectivity index (χ4n) is 2.52. The number of hydrogen-bond donors (Lipinski definition) is 2. The molecule has 0 saturated carbocycles. The van der Waals surface area contributed by atoms with E-state index in [1.165, 1.54) is 5.56 Å². The minimum Gasteiger partial charge on any atom is -0.394 e. The first-order chi connectivity index (χ1) is 9.86. The lowest BCUT2D eigenvalue weighted by atomic mass is 9.86. The van der Waals surface area contributed by atoms with Crippen LogP contribution in [0.2, 0.25) is 0 Å². The van der Waals surface area contributed by atoms with E-state index in [0.29, 0.717) is 31.6 Å². The van der Waals surface area contributed by atoms with E-state index in [9.17, 15) is 9.90 Å². The van der Waals surface area contributed by atoms with E-state index in [0.717, 1.165) is 0 Å². The molecule has 1 fully saturated rings. The molecule has 0 radical (unpaired) electrons. The van der Waals surface area contributed by atoms with Gasteiger partial charge >= 0.3 is 0 Å². The molecule has 116 valence electrons. The number of aliphatic hydroxyl groups is 1. The molecule has 0 spiro atoms. The third-order valence-corrected chi connectivity index (χ3v) is 4.14. The summed E-state index contributed by atoms with van der Waals surface area (Å²) in [4.78, 5) is 12.4. The molecule has 0 atom stereocenters. The number of carbonyl (C=O) groups excluding carboxylic acids is 1. The second-order valence-corrected chi connectivity index (χ2v) is 6.83. The van der Waals surface area contributed by atoms with E-state index >= 15 is 0 Å². The second-order valence-electron chi connectivity index (χ2n) is 6.83. The Morgan fingerprint density at radius 2 is 1.81 bits per heavy atom. The Bertz CT molecular complexity index is 482. The van der Waals surface area contributed by atoms with E-state index in [2.05, 4.69) is 26.1 Å². The fourth-order valence-corrected chi connectivity index (χ4v) is 2.52. The van der Waals surface area contributed by atoms with E-state index in [1.54, 1.807) is 0 Å². The summed E-state index contributed by atoms with van der Waals surface area (Å²) >= 11 is 0. The van der Waals surface area contributed by atoms with Crippen LogP contribution in [-0.4, -0.2) is 36.4 Å². The highest BCUT2D eigenvalue weighted by Gasteiger charge is 2.33. The Morgan fingerprint density at radius 1 is 1.24 bits per heavy atom. The number of amides is 1. The molecule has 1 heterocycles. The maximum absolute atomic E-state index is 12.4. The van der Waals surface area contributed by atoms with Gasteiger partial charge in [-0.05, 0) is 36.0 Å². The van der Waals surface area contributed by atoms with Gasteiger partial charge in [0.15, 0.2) is 0 Å². The number of benzene rings is 1. The highest BCUT2D eigenvalue weighted by atomic mass is 16.5. The lowest BCUT2D eigenvalue weighted by Gasteiger charge is -2.36. The summed E-state index contributed by atoms with van der Waals surface area (Å²) in [7, 11) is 0. The number of nitrogens with one attached hydrogen (secondary N) is 1. The van der Waals surface area contributed by atoms with Gasteiger partial charge in [-0.25, -0.2) is 0 Å². The van der Waals surface area contributed by atoms with Crippen molar-refractivity contribution >= 4 is 5.91 Å². The molecule has 0 bridgehead atoms. The summed E-state index contributed by atoms with van der Waals surface area (Å²) in [6.07, 6.45) is 1.30. The Labute approximate surface area is 126 Å². The standard InChI is InChI=1S/C17H25NO3/c1-16(2,3)14-6-4-13(5-7-14)15(20)18-17(12-19)8-10-21-11-9-17/h4-7,19H,8-12H2,1-3H3,(H,18,20). The molecular weight excluding hydrogens is 266 g/mol. The van der Waals surface area contributed by atoms with Gasteiger partial charge in [-0.3, -0.25) is 4.79 Å². The first kappa shape index (κ1) is 16.0. The summed E-state index contributed by atoms with van der Waals surface area (Å²) in [5.74, 6) is -0.133. The molecule has 0 unspecified atom stereocenters. The highest BCUT2D eigenvalue weighted by Crippen LogP contribution is 2.23. The summed E-state index contributed by atoms with van der Waals surface area (Å²) < 4.78 is 5.30. The van der Waals surface area contributed by atoms with Crippen LogP contribution < -0.4 is 5.32 Å². The lowest BCUT2D eigenvalue weighted by molar-refractivity contribution is 0.0125. The molecule has 4 nitrogen and oxygen atoms in total. The van der Waals surface area contributed by atoms with Gasteiger partial charge in [0.25, 0.3) is 5.91 Å². The largest absolute Gasteiger partial charge is 0.394 e. The first-order valence-electron chi connectivity index (χ1n) is 7.48. The smallest absolute Gasteiger partial charge is 0.251 e. The van der Waals surface area contributed by atoms with Crippen molar-refractivity contribution in [3.8, 4) is 0 Å². The minimum atomic E-state index is -0.544. The Kier molecular flexibility index (Phi) is 4.69. The van der Waals surface area contributed by atoms with Crippen molar-refractivity contribution in [3.05, 3.63) is 35.4 Å². The molecule has 1 aliphatic rings. The van der Waals surface area contributed by atoms with Gasteiger partial charge in [0.05, 0.1) is 12.1 Å². The van der Waals surface area contributed by atoms with E-state index in [4.69, 9.17) is 4.74 Å². The zero-order valence-electron chi connectivity index (χ0n) is 13.1. The van der Waals surface area contributed by atoms with Gasteiger partial charge in [-0.15, -0.1) is 0 Å². The Morgan fingerprint density at radius 3 is 2.29 bits per heavy atom. The second kappa shape index (κ2) is 6.16. The molecule has 2 N–H and O–H groups in total. The van der Waals surface area contributed by atoms with Crippen molar-refractivity contribution in [2.45, 2.75) is 44.6 Å². The maximum Gasteiger partial charge on any atom is 0.251 e. The molecule has 1 aromatic carbocycles. The number of rotatable bonds is 3. The third-order valence-electron chi connectivity index (χ3n) is 4.14. The maximum atomic E-state index is 12.4. The van der Waals surface area contributed by atoms with Crippen molar-refractivity contribution < 1.29 is 14.6 Å². The highest BCUT2D eigenvalue weighted by molar-refractivity contribution is 5.94. The van der Waals surface area contributed by atoms with Gasteiger partial charge in [0.1, 0.15) is 0 Å². The number of hydrogen-bond acceptors (Lipinski definition) is 3. The monoisotopic (exact) mass is 291 g/mol. The predicted molar refractivity (Wildman–Crippen MR) is 82.5 cm³/mol. The van der Waals surface area contributed by atoms with Gasteiger partial charge in [-0.2, -0.15) is 0 Å². The van der Waals surface area contributed by atoms with Gasteiger partial charge in [0, 0.05) is 18.8 Å². The summed E-state index contributed by atoms with van der Waals surface area (Å²) in [6, 6.07) is 7.68. The quantitative estimate of drug-likeness (QED) is 0.898. The molecule has 0 aromatic heterocycles. The van der Waals surface area contributed by atoms with Gasteiger partial charge in [-0.1, -0.05) is 32.9 Å². The van der Waals surface area contributed by atoms with Crippen molar-refractivity contribution in [2.75, 3.05) is 19.8 Å². The predicted octanol–water partition coefficient (Wildman–Crippen LogP) is 2.26. The van der Waals surface area contributed by atoms with E-state index in [1.807, 2.05) is 24.3 Å². The number of carbonyl (C=O) groups is 1.